The molecule has 0 radical (unpaired) electrons. The molecule has 2 saturated heterocycles. The van der Waals surface area contributed by atoms with Crippen molar-refractivity contribution in [1.29, 1.82) is 0 Å². The molecule has 2 unspecified atom stereocenters. The number of H-pyrrole nitrogens is 1. The van der Waals surface area contributed by atoms with Crippen LogP contribution in [0.25, 0.3) is 0 Å². The largest absolute Gasteiger partial charge is 0.381 e. The number of unbranched alkanes of at least 4 members (excludes halogenated alkanes) is 8. The minimum atomic E-state index is -3.93. The van der Waals surface area contributed by atoms with E-state index in [0.717, 1.165) is 30.5 Å². The van der Waals surface area contributed by atoms with Gasteiger partial charge < -0.3 is 24.4 Å². The van der Waals surface area contributed by atoms with Crippen LogP contribution in [0, 0.1) is 11.8 Å². The summed E-state index contributed by atoms with van der Waals surface area (Å²) in [6.07, 6.45) is 9.28. The number of aromatic amines is 1. The zero-order valence-corrected chi connectivity index (χ0v) is 24.5. The van der Waals surface area contributed by atoms with Gasteiger partial charge in [0.2, 0.25) is 5.91 Å². The standard InChI is InChI=1S/C27H42N3O9P/c1-4-5-6-7-8-9-10-11-12-15-21(31)28-16-13-14-20-17-30(26(33)29-24(20)32)25-22-23(39-40(3,34)35)27(38-25,18-36-2)19-37-22/h17,22-23,25H,4-12,15-16,18-19H2,1-3H3,(H,28,31)(H,34,35)(H,29,32,33)/t22?,23-,25-,27+/m1/s1. The Kier molecular flexibility index (Phi) is 12.2. The molecule has 0 saturated carbocycles. The van der Waals surface area contributed by atoms with Crippen molar-refractivity contribution in [2.24, 2.45) is 0 Å². The monoisotopic (exact) mass is 583 g/mol. The molecule has 40 heavy (non-hydrogen) atoms. The molecule has 1 aromatic rings. The molecule has 0 aliphatic carbocycles. The second-order valence-electron chi connectivity index (χ2n) is 10.5. The number of methoxy groups -OCH3 is 1. The van der Waals surface area contributed by atoms with Crippen LogP contribution >= 0.6 is 7.60 Å². The van der Waals surface area contributed by atoms with Gasteiger partial charge in [-0.05, 0) is 6.42 Å². The smallest absolute Gasteiger partial charge is 0.330 e. The zero-order chi connectivity index (χ0) is 29.2. The predicted molar refractivity (Wildman–Crippen MR) is 148 cm³/mol. The van der Waals surface area contributed by atoms with Gasteiger partial charge in [0.15, 0.2) is 6.23 Å². The number of ether oxygens (including phenoxy) is 3. The first-order valence-corrected chi connectivity index (χ1v) is 16.0. The lowest BCUT2D eigenvalue weighted by molar-refractivity contribution is -0.190. The third-order valence-corrected chi connectivity index (χ3v) is 7.64. The van der Waals surface area contributed by atoms with E-state index in [1.807, 2.05) is 0 Å². The summed E-state index contributed by atoms with van der Waals surface area (Å²) in [4.78, 5) is 49.1. The Morgan fingerprint density at radius 2 is 1.90 bits per heavy atom. The van der Waals surface area contributed by atoms with Gasteiger partial charge in [-0.25, -0.2) is 4.79 Å². The normalized spacial score (nSPS) is 24.9. The molecule has 2 aliphatic heterocycles. The van der Waals surface area contributed by atoms with Gasteiger partial charge in [-0.3, -0.25) is 28.2 Å². The molecule has 12 nitrogen and oxygen atoms in total. The summed E-state index contributed by atoms with van der Waals surface area (Å²) >= 11 is 0. The maximum Gasteiger partial charge on any atom is 0.330 e. The Balaban J connectivity index is 1.55. The first kappa shape index (κ1) is 32.3. The van der Waals surface area contributed by atoms with E-state index in [-0.39, 0.29) is 31.2 Å². The number of nitrogens with one attached hydrogen (secondary N) is 2. The number of amides is 1. The van der Waals surface area contributed by atoms with Crippen molar-refractivity contribution in [2.45, 2.75) is 95.2 Å². The zero-order valence-electron chi connectivity index (χ0n) is 23.6. The van der Waals surface area contributed by atoms with Crippen molar-refractivity contribution in [2.75, 3.05) is 33.5 Å². The van der Waals surface area contributed by atoms with Gasteiger partial charge in [0.05, 0.1) is 19.8 Å². The Morgan fingerprint density at radius 1 is 1.23 bits per heavy atom. The van der Waals surface area contributed by atoms with Gasteiger partial charge in [0.25, 0.3) is 5.56 Å². The summed E-state index contributed by atoms with van der Waals surface area (Å²) in [6.45, 7) is 3.34. The van der Waals surface area contributed by atoms with Crippen LogP contribution in [0.3, 0.4) is 0 Å². The summed E-state index contributed by atoms with van der Waals surface area (Å²) in [5, 5.41) is 2.73. The fraction of sp³-hybridized carbons (Fsp3) is 0.741. The lowest BCUT2D eigenvalue weighted by Crippen LogP contribution is -2.46. The summed E-state index contributed by atoms with van der Waals surface area (Å²) < 4.78 is 35.6. The fourth-order valence-electron chi connectivity index (χ4n) is 5.06. The highest BCUT2D eigenvalue weighted by Gasteiger charge is 2.64. The van der Waals surface area contributed by atoms with Crippen molar-refractivity contribution in [1.82, 2.24) is 14.9 Å². The van der Waals surface area contributed by atoms with Crippen molar-refractivity contribution in [3.8, 4) is 11.8 Å². The van der Waals surface area contributed by atoms with Gasteiger partial charge >= 0.3 is 13.3 Å². The van der Waals surface area contributed by atoms with Crippen LogP contribution in [0.4, 0.5) is 0 Å². The molecule has 3 N–H and O–H groups in total. The van der Waals surface area contributed by atoms with Crippen LogP contribution in [0.1, 0.15) is 82.9 Å². The molecular weight excluding hydrogens is 541 g/mol. The van der Waals surface area contributed by atoms with Crippen LogP contribution < -0.4 is 16.6 Å². The van der Waals surface area contributed by atoms with E-state index >= 15 is 0 Å². The van der Waals surface area contributed by atoms with Crippen LogP contribution in [0.15, 0.2) is 15.8 Å². The SMILES string of the molecule is CCCCCCCCCCCC(=O)NCC#Cc1cn([C@@H]2O[C@@]3(COC)COC2[C@H]3OP(C)(=O)O)c(=O)[nH]c1=O. The van der Waals surface area contributed by atoms with Crippen molar-refractivity contribution >= 4 is 13.5 Å². The highest BCUT2D eigenvalue weighted by atomic mass is 31.2. The fourth-order valence-corrected chi connectivity index (χ4v) is 5.79. The topological polar surface area (TPSA) is 158 Å². The number of carbonyl (C=O) groups is 1. The molecular formula is C27H42N3O9P. The molecule has 224 valence electrons. The van der Waals surface area contributed by atoms with E-state index in [9.17, 15) is 23.8 Å². The first-order chi connectivity index (χ1) is 19.1. The maximum atomic E-state index is 12.6. The lowest BCUT2D eigenvalue weighted by Gasteiger charge is -2.31. The van der Waals surface area contributed by atoms with Gasteiger partial charge in [-0.15, -0.1) is 0 Å². The van der Waals surface area contributed by atoms with Crippen molar-refractivity contribution in [3.05, 3.63) is 32.6 Å². The molecule has 1 aromatic heterocycles. The van der Waals surface area contributed by atoms with E-state index in [2.05, 4.69) is 29.1 Å². The van der Waals surface area contributed by atoms with Gasteiger partial charge in [-0.2, -0.15) is 0 Å². The van der Waals surface area contributed by atoms with E-state index in [1.165, 1.54) is 51.8 Å². The van der Waals surface area contributed by atoms with Crippen LogP contribution in [0.5, 0.6) is 0 Å². The molecule has 2 aliphatic rings. The minimum absolute atomic E-state index is 0.00578. The van der Waals surface area contributed by atoms with Crippen LogP contribution in [-0.2, 0) is 28.1 Å². The molecule has 3 heterocycles. The Morgan fingerprint density at radius 3 is 2.55 bits per heavy atom. The van der Waals surface area contributed by atoms with E-state index in [1.54, 1.807) is 0 Å². The minimum Gasteiger partial charge on any atom is -0.381 e. The summed E-state index contributed by atoms with van der Waals surface area (Å²) in [7, 11) is -2.49. The summed E-state index contributed by atoms with van der Waals surface area (Å²) in [5.41, 5.74) is -2.67. The van der Waals surface area contributed by atoms with Gasteiger partial charge in [0, 0.05) is 26.4 Å². The van der Waals surface area contributed by atoms with E-state index < -0.39 is 42.9 Å². The number of carbonyl (C=O) groups excluding carboxylic acids is 1. The Hall–Kier alpha value is -2.26. The first-order valence-electron chi connectivity index (χ1n) is 14.0. The maximum absolute atomic E-state index is 12.6. The lowest BCUT2D eigenvalue weighted by atomic mass is 10.0. The molecule has 0 spiro atoms. The summed E-state index contributed by atoms with van der Waals surface area (Å²) in [6, 6.07) is 0. The second-order valence-corrected chi connectivity index (χ2v) is 12.3. The average molecular weight is 584 g/mol. The highest BCUT2D eigenvalue weighted by Crippen LogP contribution is 2.52. The molecule has 2 bridgehead atoms. The van der Waals surface area contributed by atoms with Crippen LogP contribution in [0.2, 0.25) is 0 Å². The molecule has 0 aromatic carbocycles. The van der Waals surface area contributed by atoms with Crippen molar-refractivity contribution in [3.63, 3.8) is 0 Å². The quantitative estimate of drug-likeness (QED) is 0.151. The number of fused-ring (bicyclic) bond motifs is 2. The van der Waals surface area contributed by atoms with Crippen molar-refractivity contribution < 1.29 is 33.0 Å². The molecule has 2 fully saturated rings. The Labute approximate surface area is 234 Å². The number of hydrogen-bond donors (Lipinski definition) is 3. The predicted octanol–water partition coefficient (Wildman–Crippen LogP) is 2.44. The van der Waals surface area contributed by atoms with Gasteiger partial charge in [-0.1, -0.05) is 70.1 Å². The average Bonchev–Trinajstić information content (AvgIpc) is 3.36. The highest BCUT2D eigenvalue weighted by molar-refractivity contribution is 7.51. The molecule has 5 atom stereocenters. The van der Waals surface area contributed by atoms with E-state index in [0.29, 0.717) is 6.42 Å². The third-order valence-electron chi connectivity index (χ3n) is 7.02. The number of aromatic nitrogens is 2. The molecule has 3 rings (SSSR count). The van der Waals surface area contributed by atoms with Crippen LogP contribution in [-0.4, -0.2) is 71.7 Å². The van der Waals surface area contributed by atoms with Gasteiger partial charge in [0.1, 0.15) is 23.4 Å². The van der Waals surface area contributed by atoms with E-state index in [4.69, 9.17) is 18.7 Å². The molecule has 1 amide bonds. The number of nitrogens with zero attached hydrogens (tertiary/aromatic N) is 1. The second kappa shape index (κ2) is 15.1. The molecule has 13 heteroatoms. The number of rotatable bonds is 16. The summed E-state index contributed by atoms with van der Waals surface area (Å²) in [5.74, 6) is 5.33. The number of hydrogen-bond acceptors (Lipinski definition) is 8. The third kappa shape index (κ3) is 8.87. The Bertz CT molecular complexity index is 1210.